The third-order valence-electron chi connectivity index (χ3n) is 1.61. The molecule has 0 aromatic carbocycles. The van der Waals surface area contributed by atoms with Crippen LogP contribution in [0.3, 0.4) is 0 Å². The monoisotopic (exact) mass is 170 g/mol. The summed E-state index contributed by atoms with van der Waals surface area (Å²) < 4.78 is 0. The smallest absolute Gasteiger partial charge is 0.0988 e. The van der Waals surface area contributed by atoms with Gasteiger partial charge in [-0.2, -0.15) is 0 Å². The summed E-state index contributed by atoms with van der Waals surface area (Å²) in [7, 11) is 0. The SMILES string of the molecule is CCCN=C(NCCC)C(C)C. The summed E-state index contributed by atoms with van der Waals surface area (Å²) in [5.74, 6) is 1.70. The third kappa shape index (κ3) is 5.16. The molecule has 0 amide bonds. The highest BCUT2D eigenvalue weighted by Crippen LogP contribution is 1.95. The topological polar surface area (TPSA) is 24.4 Å². The van der Waals surface area contributed by atoms with Gasteiger partial charge in [0, 0.05) is 19.0 Å². The second-order valence-electron chi connectivity index (χ2n) is 3.35. The first-order valence-corrected chi connectivity index (χ1v) is 5.00. The van der Waals surface area contributed by atoms with Crippen LogP contribution in [-0.2, 0) is 0 Å². The van der Waals surface area contributed by atoms with E-state index in [0.717, 1.165) is 25.9 Å². The second-order valence-corrected chi connectivity index (χ2v) is 3.35. The number of nitrogens with one attached hydrogen (secondary N) is 1. The molecule has 0 fully saturated rings. The zero-order valence-electron chi connectivity index (χ0n) is 8.85. The number of hydrogen-bond donors (Lipinski definition) is 1. The van der Waals surface area contributed by atoms with Gasteiger partial charge in [0.15, 0.2) is 0 Å². The summed E-state index contributed by atoms with van der Waals surface area (Å²) in [4.78, 5) is 4.48. The van der Waals surface area contributed by atoms with Crippen molar-refractivity contribution in [1.82, 2.24) is 5.32 Å². The summed E-state index contributed by atoms with van der Waals surface area (Å²) in [6.45, 7) is 10.7. The van der Waals surface area contributed by atoms with Gasteiger partial charge in [0.25, 0.3) is 0 Å². The van der Waals surface area contributed by atoms with Crippen LogP contribution in [0.2, 0.25) is 0 Å². The number of amidine groups is 1. The molecule has 0 saturated heterocycles. The van der Waals surface area contributed by atoms with E-state index in [1.165, 1.54) is 5.84 Å². The van der Waals surface area contributed by atoms with Crippen LogP contribution in [0.5, 0.6) is 0 Å². The lowest BCUT2D eigenvalue weighted by atomic mass is 10.2. The first-order chi connectivity index (χ1) is 5.72. The van der Waals surface area contributed by atoms with Crippen LogP contribution in [-0.4, -0.2) is 18.9 Å². The minimum atomic E-state index is 0.531. The first-order valence-electron chi connectivity index (χ1n) is 5.00. The van der Waals surface area contributed by atoms with Crippen molar-refractivity contribution >= 4 is 5.84 Å². The van der Waals surface area contributed by atoms with E-state index in [4.69, 9.17) is 0 Å². The van der Waals surface area contributed by atoms with E-state index in [1.807, 2.05) is 0 Å². The predicted molar refractivity (Wildman–Crippen MR) is 55.7 cm³/mol. The highest BCUT2D eigenvalue weighted by atomic mass is 15.0. The van der Waals surface area contributed by atoms with Gasteiger partial charge < -0.3 is 5.32 Å². The molecular weight excluding hydrogens is 148 g/mol. The Kier molecular flexibility index (Phi) is 6.82. The number of nitrogens with zero attached hydrogens (tertiary/aromatic N) is 1. The molecule has 0 aliphatic rings. The maximum atomic E-state index is 4.48. The summed E-state index contributed by atoms with van der Waals surface area (Å²) in [5.41, 5.74) is 0. The van der Waals surface area contributed by atoms with Gasteiger partial charge in [-0.15, -0.1) is 0 Å². The molecule has 72 valence electrons. The maximum absolute atomic E-state index is 4.48. The number of aliphatic imine (C=N–C) groups is 1. The molecule has 0 heterocycles. The predicted octanol–water partition coefficient (Wildman–Crippen LogP) is 2.45. The summed E-state index contributed by atoms with van der Waals surface area (Å²) in [6, 6.07) is 0. The van der Waals surface area contributed by atoms with Crippen molar-refractivity contribution in [2.45, 2.75) is 40.5 Å². The number of rotatable bonds is 5. The Bertz CT molecular complexity index is 128. The van der Waals surface area contributed by atoms with Gasteiger partial charge in [0.2, 0.25) is 0 Å². The van der Waals surface area contributed by atoms with Gasteiger partial charge in [0.1, 0.15) is 0 Å². The zero-order valence-corrected chi connectivity index (χ0v) is 8.85. The molecular formula is C10H22N2. The fourth-order valence-electron chi connectivity index (χ4n) is 0.928. The van der Waals surface area contributed by atoms with Crippen molar-refractivity contribution in [3.05, 3.63) is 0 Å². The molecule has 0 spiro atoms. The molecule has 0 saturated carbocycles. The van der Waals surface area contributed by atoms with Crippen LogP contribution in [0.25, 0.3) is 0 Å². The van der Waals surface area contributed by atoms with Crippen molar-refractivity contribution in [3.8, 4) is 0 Å². The highest BCUT2D eigenvalue weighted by molar-refractivity contribution is 5.83. The van der Waals surface area contributed by atoms with Crippen molar-refractivity contribution in [3.63, 3.8) is 0 Å². The molecule has 0 aliphatic carbocycles. The zero-order chi connectivity index (χ0) is 9.40. The lowest BCUT2D eigenvalue weighted by Gasteiger charge is -2.11. The Balaban J connectivity index is 3.85. The molecule has 0 aromatic rings. The van der Waals surface area contributed by atoms with Crippen LogP contribution < -0.4 is 5.32 Å². The molecule has 0 unspecified atom stereocenters. The van der Waals surface area contributed by atoms with Crippen molar-refractivity contribution in [2.24, 2.45) is 10.9 Å². The fourth-order valence-corrected chi connectivity index (χ4v) is 0.928. The Morgan fingerprint density at radius 3 is 2.33 bits per heavy atom. The van der Waals surface area contributed by atoms with Crippen LogP contribution >= 0.6 is 0 Å². The van der Waals surface area contributed by atoms with Gasteiger partial charge >= 0.3 is 0 Å². The van der Waals surface area contributed by atoms with Gasteiger partial charge in [-0.1, -0.05) is 27.7 Å². The van der Waals surface area contributed by atoms with Crippen molar-refractivity contribution in [2.75, 3.05) is 13.1 Å². The summed E-state index contributed by atoms with van der Waals surface area (Å²) in [5, 5.41) is 3.35. The van der Waals surface area contributed by atoms with Crippen LogP contribution in [0.1, 0.15) is 40.5 Å². The molecule has 0 atom stereocenters. The maximum Gasteiger partial charge on any atom is 0.0988 e. The second kappa shape index (κ2) is 7.14. The van der Waals surface area contributed by atoms with Gasteiger partial charge in [-0.3, -0.25) is 4.99 Å². The minimum absolute atomic E-state index is 0.531. The summed E-state index contributed by atoms with van der Waals surface area (Å²) >= 11 is 0. The van der Waals surface area contributed by atoms with Gasteiger partial charge in [-0.05, 0) is 12.8 Å². The minimum Gasteiger partial charge on any atom is -0.374 e. The molecule has 0 rings (SSSR count). The first kappa shape index (κ1) is 11.5. The van der Waals surface area contributed by atoms with E-state index in [-0.39, 0.29) is 0 Å². The quantitative estimate of drug-likeness (QED) is 0.497. The van der Waals surface area contributed by atoms with E-state index in [9.17, 15) is 0 Å². The molecule has 2 nitrogen and oxygen atoms in total. The summed E-state index contributed by atoms with van der Waals surface area (Å²) in [6.07, 6.45) is 2.29. The third-order valence-corrected chi connectivity index (χ3v) is 1.61. The largest absolute Gasteiger partial charge is 0.374 e. The molecule has 0 aromatic heterocycles. The fraction of sp³-hybridized carbons (Fsp3) is 0.900. The Morgan fingerprint density at radius 1 is 1.25 bits per heavy atom. The molecule has 12 heavy (non-hydrogen) atoms. The van der Waals surface area contributed by atoms with Gasteiger partial charge in [-0.25, -0.2) is 0 Å². The van der Waals surface area contributed by atoms with Crippen LogP contribution in [0.4, 0.5) is 0 Å². The molecule has 0 radical (unpaired) electrons. The van der Waals surface area contributed by atoms with E-state index in [1.54, 1.807) is 0 Å². The van der Waals surface area contributed by atoms with Gasteiger partial charge in [0.05, 0.1) is 5.84 Å². The Hall–Kier alpha value is -0.530. The molecule has 2 heteroatoms. The van der Waals surface area contributed by atoms with E-state index in [0.29, 0.717) is 5.92 Å². The molecule has 0 bridgehead atoms. The van der Waals surface area contributed by atoms with Crippen LogP contribution in [0, 0.1) is 5.92 Å². The van der Waals surface area contributed by atoms with Crippen LogP contribution in [0.15, 0.2) is 4.99 Å². The standard InChI is InChI=1S/C10H22N2/c1-5-7-11-10(9(3)4)12-8-6-2/h9H,5-8H2,1-4H3,(H,11,12). The lowest BCUT2D eigenvalue weighted by molar-refractivity contribution is 0.751. The van der Waals surface area contributed by atoms with E-state index in [2.05, 4.69) is 38.0 Å². The van der Waals surface area contributed by atoms with E-state index >= 15 is 0 Å². The number of hydrogen-bond acceptors (Lipinski definition) is 1. The normalized spacial score (nSPS) is 12.2. The highest BCUT2D eigenvalue weighted by Gasteiger charge is 2.01. The lowest BCUT2D eigenvalue weighted by Crippen LogP contribution is -2.29. The average Bonchev–Trinajstić information content (AvgIpc) is 2.04. The molecule has 1 N–H and O–H groups in total. The van der Waals surface area contributed by atoms with E-state index < -0.39 is 0 Å². The molecule has 0 aliphatic heterocycles. The Labute approximate surface area is 76.5 Å². The van der Waals surface area contributed by atoms with Crippen molar-refractivity contribution < 1.29 is 0 Å². The van der Waals surface area contributed by atoms with Crippen molar-refractivity contribution in [1.29, 1.82) is 0 Å². The Morgan fingerprint density at radius 2 is 1.92 bits per heavy atom. The average molecular weight is 170 g/mol.